The fourth-order valence-electron chi connectivity index (χ4n) is 3.49. The first-order valence-electron chi connectivity index (χ1n) is 9.57. The Kier molecular flexibility index (Phi) is 4.60. The Labute approximate surface area is 172 Å². The fraction of sp³-hybridized carbons (Fsp3) is 0.286. The molecule has 1 aliphatic carbocycles. The number of halogens is 1. The van der Waals surface area contributed by atoms with Crippen LogP contribution < -0.4 is 14.8 Å². The van der Waals surface area contributed by atoms with Gasteiger partial charge in [0.15, 0.2) is 17.2 Å². The van der Waals surface area contributed by atoms with E-state index in [1.807, 2.05) is 36.4 Å². The highest BCUT2D eigenvalue weighted by Gasteiger charge is 2.34. The van der Waals surface area contributed by atoms with Crippen molar-refractivity contribution < 1.29 is 14.3 Å². The molecule has 0 saturated heterocycles. The molecule has 5 rings (SSSR count). The SMILES string of the molecule is O=C(NC(c1ccc2c(c1)OCCO2)C1CC1)c1cn(-c2ccccc2Cl)nn1. The van der Waals surface area contributed by atoms with Crippen LogP contribution in [-0.4, -0.2) is 34.1 Å². The Hall–Kier alpha value is -3.06. The number of ether oxygens (including phenoxy) is 2. The second-order valence-electron chi connectivity index (χ2n) is 7.19. The first-order chi connectivity index (χ1) is 14.2. The van der Waals surface area contributed by atoms with Gasteiger partial charge >= 0.3 is 0 Å². The highest BCUT2D eigenvalue weighted by Crippen LogP contribution is 2.43. The van der Waals surface area contributed by atoms with Gasteiger partial charge in [-0.3, -0.25) is 4.79 Å². The third kappa shape index (κ3) is 3.65. The van der Waals surface area contributed by atoms with Crippen LogP contribution in [0.3, 0.4) is 0 Å². The van der Waals surface area contributed by atoms with E-state index in [0.717, 1.165) is 29.9 Å². The summed E-state index contributed by atoms with van der Waals surface area (Å²) in [7, 11) is 0. The van der Waals surface area contributed by atoms with Crippen LogP contribution >= 0.6 is 11.6 Å². The third-order valence-electron chi connectivity index (χ3n) is 5.13. The number of carbonyl (C=O) groups excluding carboxylic acids is 1. The summed E-state index contributed by atoms with van der Waals surface area (Å²) in [5, 5.41) is 11.7. The van der Waals surface area contributed by atoms with Gasteiger partial charge in [0.1, 0.15) is 13.2 Å². The third-order valence-corrected chi connectivity index (χ3v) is 5.45. The lowest BCUT2D eigenvalue weighted by molar-refractivity contribution is 0.0926. The van der Waals surface area contributed by atoms with E-state index in [4.69, 9.17) is 21.1 Å². The summed E-state index contributed by atoms with van der Waals surface area (Å²) in [6.45, 7) is 1.08. The highest BCUT2D eigenvalue weighted by molar-refractivity contribution is 6.32. The summed E-state index contributed by atoms with van der Waals surface area (Å²) in [5.74, 6) is 1.59. The van der Waals surface area contributed by atoms with Crippen LogP contribution in [0.25, 0.3) is 5.69 Å². The number of nitrogens with zero attached hydrogens (tertiary/aromatic N) is 3. The maximum Gasteiger partial charge on any atom is 0.273 e. The number of hydrogen-bond acceptors (Lipinski definition) is 5. The predicted molar refractivity (Wildman–Crippen MR) is 107 cm³/mol. The van der Waals surface area contributed by atoms with E-state index in [-0.39, 0.29) is 17.6 Å². The van der Waals surface area contributed by atoms with Crippen LogP contribution in [0.2, 0.25) is 5.02 Å². The van der Waals surface area contributed by atoms with Crippen LogP contribution in [0, 0.1) is 5.92 Å². The van der Waals surface area contributed by atoms with Crippen molar-refractivity contribution >= 4 is 17.5 Å². The Morgan fingerprint density at radius 1 is 1.14 bits per heavy atom. The van der Waals surface area contributed by atoms with Gasteiger partial charge in [-0.2, -0.15) is 0 Å². The summed E-state index contributed by atoms with van der Waals surface area (Å²) in [6, 6.07) is 13.0. The molecule has 0 radical (unpaired) electrons. The minimum Gasteiger partial charge on any atom is -0.486 e. The van der Waals surface area contributed by atoms with Gasteiger partial charge in [-0.15, -0.1) is 5.10 Å². The number of para-hydroxylation sites is 1. The largest absolute Gasteiger partial charge is 0.486 e. The second-order valence-corrected chi connectivity index (χ2v) is 7.60. The van der Waals surface area contributed by atoms with Gasteiger partial charge in [0.05, 0.1) is 22.9 Å². The smallest absolute Gasteiger partial charge is 0.273 e. The van der Waals surface area contributed by atoms with Gasteiger partial charge in [-0.05, 0) is 48.6 Å². The summed E-state index contributed by atoms with van der Waals surface area (Å²) < 4.78 is 12.8. The monoisotopic (exact) mass is 410 g/mol. The Morgan fingerprint density at radius 2 is 1.93 bits per heavy atom. The van der Waals surface area contributed by atoms with Crippen LogP contribution in [0.1, 0.15) is 34.9 Å². The molecule has 0 spiro atoms. The van der Waals surface area contributed by atoms with Gasteiger partial charge in [0.25, 0.3) is 5.91 Å². The van der Waals surface area contributed by atoms with Crippen LogP contribution in [0.15, 0.2) is 48.7 Å². The van der Waals surface area contributed by atoms with Crippen molar-refractivity contribution in [3.63, 3.8) is 0 Å². The molecule has 29 heavy (non-hydrogen) atoms. The lowest BCUT2D eigenvalue weighted by atomic mass is 10.0. The van der Waals surface area contributed by atoms with Gasteiger partial charge in [-0.1, -0.05) is 35.0 Å². The summed E-state index contributed by atoms with van der Waals surface area (Å²) in [6.07, 6.45) is 3.74. The van der Waals surface area contributed by atoms with Crippen molar-refractivity contribution in [2.24, 2.45) is 5.92 Å². The molecule has 1 fully saturated rings. The molecule has 2 aromatic carbocycles. The number of aromatic nitrogens is 3. The molecule has 1 amide bonds. The second kappa shape index (κ2) is 7.40. The van der Waals surface area contributed by atoms with E-state index in [0.29, 0.717) is 29.8 Å². The maximum atomic E-state index is 12.9. The lowest BCUT2D eigenvalue weighted by Crippen LogP contribution is -2.30. The van der Waals surface area contributed by atoms with E-state index in [1.54, 1.807) is 12.3 Å². The Balaban J connectivity index is 1.37. The molecular weight excluding hydrogens is 392 g/mol. The molecule has 8 heteroatoms. The standard InChI is InChI=1S/C21H19ClN4O3/c22-15-3-1-2-4-17(15)26-12-16(24-25-26)21(27)23-20(13-5-6-13)14-7-8-18-19(11-14)29-10-9-28-18/h1-4,7-8,11-13,20H,5-6,9-10H2,(H,23,27). The normalized spacial score (nSPS) is 16.3. The van der Waals surface area contributed by atoms with Crippen molar-refractivity contribution in [2.75, 3.05) is 13.2 Å². The molecule has 1 aliphatic heterocycles. The average Bonchev–Trinajstić information content (AvgIpc) is 3.47. The first-order valence-corrected chi connectivity index (χ1v) is 9.94. The molecule has 7 nitrogen and oxygen atoms in total. The molecule has 1 unspecified atom stereocenters. The Morgan fingerprint density at radius 3 is 2.72 bits per heavy atom. The lowest BCUT2D eigenvalue weighted by Gasteiger charge is -2.22. The average molecular weight is 411 g/mol. The van der Waals surface area contributed by atoms with Gasteiger partial charge in [0, 0.05) is 0 Å². The molecule has 1 aromatic heterocycles. The number of benzene rings is 2. The highest BCUT2D eigenvalue weighted by atomic mass is 35.5. The van der Waals surface area contributed by atoms with Crippen molar-refractivity contribution in [3.8, 4) is 17.2 Å². The molecular formula is C21H19ClN4O3. The van der Waals surface area contributed by atoms with E-state index in [2.05, 4.69) is 15.6 Å². The number of hydrogen-bond donors (Lipinski definition) is 1. The van der Waals surface area contributed by atoms with Crippen molar-refractivity contribution in [1.29, 1.82) is 0 Å². The van der Waals surface area contributed by atoms with Gasteiger partial charge in [0.2, 0.25) is 0 Å². The molecule has 0 bridgehead atoms. The van der Waals surface area contributed by atoms with Crippen LogP contribution in [0.4, 0.5) is 0 Å². The van der Waals surface area contributed by atoms with E-state index in [9.17, 15) is 4.79 Å². The number of fused-ring (bicyclic) bond motifs is 1. The molecule has 2 heterocycles. The van der Waals surface area contributed by atoms with E-state index >= 15 is 0 Å². The number of amides is 1. The zero-order valence-corrected chi connectivity index (χ0v) is 16.3. The maximum absolute atomic E-state index is 12.9. The number of nitrogens with one attached hydrogen (secondary N) is 1. The molecule has 1 N–H and O–H groups in total. The van der Waals surface area contributed by atoms with E-state index < -0.39 is 0 Å². The quantitative estimate of drug-likeness (QED) is 0.695. The number of carbonyl (C=O) groups is 1. The van der Waals surface area contributed by atoms with Crippen molar-refractivity contribution in [2.45, 2.75) is 18.9 Å². The molecule has 3 aromatic rings. The van der Waals surface area contributed by atoms with Gasteiger partial charge in [-0.25, -0.2) is 4.68 Å². The van der Waals surface area contributed by atoms with Crippen molar-refractivity contribution in [1.82, 2.24) is 20.3 Å². The minimum atomic E-state index is -0.268. The minimum absolute atomic E-state index is 0.108. The van der Waals surface area contributed by atoms with Crippen LogP contribution in [-0.2, 0) is 0 Å². The molecule has 2 aliphatic rings. The fourth-order valence-corrected chi connectivity index (χ4v) is 3.72. The molecule has 148 valence electrons. The summed E-state index contributed by atoms with van der Waals surface area (Å²) >= 11 is 6.21. The van der Waals surface area contributed by atoms with Gasteiger partial charge < -0.3 is 14.8 Å². The Bertz CT molecular complexity index is 1060. The summed E-state index contributed by atoms with van der Waals surface area (Å²) in [4.78, 5) is 12.9. The zero-order valence-electron chi connectivity index (χ0n) is 15.5. The molecule has 1 atom stereocenters. The van der Waals surface area contributed by atoms with Crippen LogP contribution in [0.5, 0.6) is 11.5 Å². The van der Waals surface area contributed by atoms with E-state index in [1.165, 1.54) is 4.68 Å². The predicted octanol–water partition coefficient (Wildman–Crippen LogP) is 3.57. The first kappa shape index (κ1) is 18.0. The zero-order chi connectivity index (χ0) is 19.8. The summed E-state index contributed by atoms with van der Waals surface area (Å²) in [5.41, 5.74) is 1.92. The molecule has 1 saturated carbocycles. The topological polar surface area (TPSA) is 78.3 Å². The number of rotatable bonds is 5. The van der Waals surface area contributed by atoms with Crippen molar-refractivity contribution in [3.05, 3.63) is 64.9 Å².